The molecule has 2 heteroatoms. The highest BCUT2D eigenvalue weighted by molar-refractivity contribution is 4.71. The van der Waals surface area contributed by atoms with Crippen LogP contribution in [0, 0.1) is 0 Å². The molecule has 0 bridgehead atoms. The number of hydrogen-bond donors (Lipinski definition) is 2. The summed E-state index contributed by atoms with van der Waals surface area (Å²) in [5.41, 5.74) is 0. The predicted molar refractivity (Wildman–Crippen MR) is 74.3 cm³/mol. The van der Waals surface area contributed by atoms with Crippen LogP contribution in [0.25, 0.3) is 0 Å². The Kier molecular flexibility index (Phi) is 8.72. The summed E-state index contributed by atoms with van der Waals surface area (Å²) < 4.78 is 0. The fraction of sp³-hybridized carbons (Fsp3) is 1.00. The van der Waals surface area contributed by atoms with Crippen molar-refractivity contribution in [2.24, 2.45) is 0 Å². The zero-order valence-electron chi connectivity index (χ0n) is 11.6. The average molecular weight is 241 g/mol. The predicted octanol–water partition coefficient (Wildman–Crippen LogP) is 3.63. The maximum Gasteiger partial charge on any atom is 0.0582 e. The van der Waals surface area contributed by atoms with Crippen LogP contribution in [-0.4, -0.2) is 23.8 Å². The summed E-state index contributed by atoms with van der Waals surface area (Å²) in [7, 11) is 0. The van der Waals surface area contributed by atoms with Gasteiger partial charge in [0.05, 0.1) is 6.61 Å². The number of hydrogen-bond acceptors (Lipinski definition) is 2. The van der Waals surface area contributed by atoms with Gasteiger partial charge in [0.25, 0.3) is 0 Å². The molecule has 0 saturated heterocycles. The summed E-state index contributed by atoms with van der Waals surface area (Å²) >= 11 is 0. The lowest BCUT2D eigenvalue weighted by Gasteiger charge is -2.22. The van der Waals surface area contributed by atoms with Crippen LogP contribution in [0.1, 0.15) is 77.6 Å². The van der Waals surface area contributed by atoms with E-state index in [0.29, 0.717) is 6.04 Å². The van der Waals surface area contributed by atoms with Gasteiger partial charge in [0.1, 0.15) is 0 Å². The fourth-order valence-electron chi connectivity index (χ4n) is 2.78. The van der Waals surface area contributed by atoms with Crippen molar-refractivity contribution in [1.29, 1.82) is 0 Å². The third kappa shape index (κ3) is 7.77. The first kappa shape index (κ1) is 15.0. The minimum Gasteiger partial charge on any atom is -0.395 e. The molecule has 102 valence electrons. The van der Waals surface area contributed by atoms with Crippen molar-refractivity contribution in [2.45, 2.75) is 89.6 Å². The van der Waals surface area contributed by atoms with E-state index < -0.39 is 0 Å². The van der Waals surface area contributed by atoms with Gasteiger partial charge in [0.2, 0.25) is 0 Å². The number of aliphatic hydroxyl groups is 1. The van der Waals surface area contributed by atoms with Crippen molar-refractivity contribution < 1.29 is 5.11 Å². The second kappa shape index (κ2) is 9.90. The highest BCUT2D eigenvalue weighted by atomic mass is 16.3. The Morgan fingerprint density at radius 3 is 1.71 bits per heavy atom. The molecular formula is C15H31NO. The minimum absolute atomic E-state index is 0.257. The SMILES string of the molecule is C[C@H](CO)NC1CCCCCCCCCCC1. The molecule has 1 aliphatic rings. The van der Waals surface area contributed by atoms with Gasteiger partial charge >= 0.3 is 0 Å². The Hall–Kier alpha value is -0.0800. The maximum absolute atomic E-state index is 9.11. The first-order valence-corrected chi connectivity index (χ1v) is 7.70. The van der Waals surface area contributed by atoms with E-state index in [1.165, 1.54) is 70.6 Å². The van der Waals surface area contributed by atoms with Gasteiger partial charge in [-0.25, -0.2) is 0 Å². The molecule has 17 heavy (non-hydrogen) atoms. The molecular weight excluding hydrogens is 210 g/mol. The van der Waals surface area contributed by atoms with E-state index in [1.54, 1.807) is 0 Å². The van der Waals surface area contributed by atoms with Crippen LogP contribution in [0.3, 0.4) is 0 Å². The van der Waals surface area contributed by atoms with Gasteiger partial charge in [0.15, 0.2) is 0 Å². The van der Waals surface area contributed by atoms with E-state index in [-0.39, 0.29) is 12.6 Å². The highest BCUT2D eigenvalue weighted by Gasteiger charge is 2.11. The van der Waals surface area contributed by atoms with E-state index in [1.807, 2.05) is 0 Å². The first-order valence-electron chi connectivity index (χ1n) is 7.70. The molecule has 1 saturated carbocycles. The second-order valence-electron chi connectivity index (χ2n) is 5.71. The van der Waals surface area contributed by atoms with Gasteiger partial charge < -0.3 is 10.4 Å². The smallest absolute Gasteiger partial charge is 0.0582 e. The molecule has 1 atom stereocenters. The zero-order chi connectivity index (χ0) is 12.3. The topological polar surface area (TPSA) is 32.3 Å². The Bertz CT molecular complexity index is 160. The van der Waals surface area contributed by atoms with E-state index in [0.717, 1.165) is 0 Å². The Morgan fingerprint density at radius 2 is 1.29 bits per heavy atom. The molecule has 0 amide bonds. The largest absolute Gasteiger partial charge is 0.395 e. The molecule has 0 spiro atoms. The second-order valence-corrected chi connectivity index (χ2v) is 5.71. The fourth-order valence-corrected chi connectivity index (χ4v) is 2.78. The van der Waals surface area contributed by atoms with Crippen molar-refractivity contribution in [1.82, 2.24) is 5.32 Å². The highest BCUT2D eigenvalue weighted by Crippen LogP contribution is 2.17. The summed E-state index contributed by atoms with van der Waals surface area (Å²) in [5, 5.41) is 12.7. The lowest BCUT2D eigenvalue weighted by Crippen LogP contribution is -2.38. The summed E-state index contributed by atoms with van der Waals surface area (Å²) in [5.74, 6) is 0. The normalized spacial score (nSPS) is 23.6. The van der Waals surface area contributed by atoms with E-state index >= 15 is 0 Å². The molecule has 1 fully saturated rings. The van der Waals surface area contributed by atoms with Crippen LogP contribution in [0.4, 0.5) is 0 Å². The molecule has 0 radical (unpaired) electrons. The van der Waals surface area contributed by atoms with Gasteiger partial charge in [-0.15, -0.1) is 0 Å². The van der Waals surface area contributed by atoms with E-state index in [4.69, 9.17) is 5.11 Å². The molecule has 2 N–H and O–H groups in total. The quantitative estimate of drug-likeness (QED) is 0.791. The molecule has 0 aromatic rings. The molecule has 2 nitrogen and oxygen atoms in total. The number of rotatable bonds is 3. The monoisotopic (exact) mass is 241 g/mol. The minimum atomic E-state index is 0.257. The van der Waals surface area contributed by atoms with Crippen molar-refractivity contribution in [2.75, 3.05) is 6.61 Å². The third-order valence-corrected chi connectivity index (χ3v) is 3.90. The number of aliphatic hydroxyl groups excluding tert-OH is 1. The van der Waals surface area contributed by atoms with Crippen LogP contribution >= 0.6 is 0 Å². The maximum atomic E-state index is 9.11. The summed E-state index contributed by atoms with van der Waals surface area (Å²) in [6.07, 6.45) is 15.3. The lowest BCUT2D eigenvalue weighted by molar-refractivity contribution is 0.233. The lowest BCUT2D eigenvalue weighted by atomic mass is 9.97. The summed E-state index contributed by atoms with van der Waals surface area (Å²) in [6, 6.07) is 0.893. The Balaban J connectivity index is 2.26. The zero-order valence-corrected chi connectivity index (χ0v) is 11.6. The Morgan fingerprint density at radius 1 is 0.882 bits per heavy atom. The standard InChI is InChI=1S/C15H31NO/c1-14(13-17)16-15-11-9-7-5-3-2-4-6-8-10-12-15/h14-17H,2-13H2,1H3/t14-/m1/s1. The average Bonchev–Trinajstić information content (AvgIpc) is 2.32. The van der Waals surface area contributed by atoms with E-state index in [2.05, 4.69) is 12.2 Å². The van der Waals surface area contributed by atoms with Crippen molar-refractivity contribution in [3.8, 4) is 0 Å². The molecule has 0 unspecified atom stereocenters. The Labute approximate surface area is 107 Å². The van der Waals surface area contributed by atoms with Gasteiger partial charge in [-0.1, -0.05) is 57.8 Å². The van der Waals surface area contributed by atoms with Gasteiger partial charge in [0, 0.05) is 12.1 Å². The van der Waals surface area contributed by atoms with Crippen LogP contribution < -0.4 is 5.32 Å². The van der Waals surface area contributed by atoms with E-state index in [9.17, 15) is 0 Å². The molecule has 1 aliphatic carbocycles. The number of nitrogens with one attached hydrogen (secondary N) is 1. The molecule has 0 aromatic carbocycles. The van der Waals surface area contributed by atoms with Crippen molar-refractivity contribution in [3.05, 3.63) is 0 Å². The third-order valence-electron chi connectivity index (χ3n) is 3.90. The molecule has 0 aromatic heterocycles. The van der Waals surface area contributed by atoms with Crippen LogP contribution in [0.2, 0.25) is 0 Å². The molecule has 1 rings (SSSR count). The van der Waals surface area contributed by atoms with Crippen LogP contribution in [-0.2, 0) is 0 Å². The van der Waals surface area contributed by atoms with Crippen molar-refractivity contribution >= 4 is 0 Å². The van der Waals surface area contributed by atoms with Gasteiger partial charge in [-0.3, -0.25) is 0 Å². The van der Waals surface area contributed by atoms with Crippen LogP contribution in [0.15, 0.2) is 0 Å². The molecule has 0 heterocycles. The summed E-state index contributed by atoms with van der Waals surface area (Å²) in [6.45, 7) is 2.34. The summed E-state index contributed by atoms with van der Waals surface area (Å²) in [4.78, 5) is 0. The van der Waals surface area contributed by atoms with Crippen molar-refractivity contribution in [3.63, 3.8) is 0 Å². The van der Waals surface area contributed by atoms with Crippen LogP contribution in [0.5, 0.6) is 0 Å². The van der Waals surface area contributed by atoms with Gasteiger partial charge in [-0.05, 0) is 19.8 Å². The molecule has 0 aliphatic heterocycles. The first-order chi connectivity index (χ1) is 8.33. The van der Waals surface area contributed by atoms with Gasteiger partial charge in [-0.2, -0.15) is 0 Å².